The number of halogens is 3. The van der Waals surface area contributed by atoms with E-state index in [0.717, 1.165) is 17.7 Å². The lowest BCUT2D eigenvalue weighted by Gasteiger charge is -2.38. The van der Waals surface area contributed by atoms with Gasteiger partial charge in [0.1, 0.15) is 6.33 Å². The average Bonchev–Trinajstić information content (AvgIpc) is 3.35. The van der Waals surface area contributed by atoms with Gasteiger partial charge in [-0.2, -0.15) is 13.2 Å². The number of likely N-dealkylation sites (tertiary alicyclic amines) is 1. The highest BCUT2D eigenvalue weighted by Gasteiger charge is 2.35. The number of carbonyl (C=O) groups excluding carboxylic acids is 1. The van der Waals surface area contributed by atoms with E-state index in [9.17, 15) is 27.9 Å². The topological polar surface area (TPSA) is 80.4 Å². The first-order valence-corrected chi connectivity index (χ1v) is 12.8. The van der Waals surface area contributed by atoms with Crippen molar-refractivity contribution in [3.8, 4) is 5.69 Å². The van der Waals surface area contributed by atoms with E-state index >= 15 is 0 Å². The summed E-state index contributed by atoms with van der Waals surface area (Å²) < 4.78 is 41.6. The quantitative estimate of drug-likeness (QED) is 0.384. The van der Waals surface area contributed by atoms with Gasteiger partial charge in [0.2, 0.25) is 5.91 Å². The molecule has 7 nitrogen and oxygen atoms in total. The fraction of sp³-hybridized carbons (Fsp3) is 0.345. The molecule has 0 aliphatic carbocycles. The third-order valence-corrected chi connectivity index (χ3v) is 7.50. The smallest absolute Gasteiger partial charge is 0.388 e. The molecule has 2 aromatic heterocycles. The van der Waals surface area contributed by atoms with E-state index in [1.807, 2.05) is 37.3 Å². The Labute approximate surface area is 223 Å². The Morgan fingerprint density at radius 2 is 1.72 bits per heavy atom. The van der Waals surface area contributed by atoms with E-state index in [2.05, 4.69) is 4.98 Å². The Kier molecular flexibility index (Phi) is 7.07. The minimum Gasteiger partial charge on any atom is -0.388 e. The van der Waals surface area contributed by atoms with Crippen molar-refractivity contribution in [3.05, 3.63) is 94.7 Å². The Morgan fingerprint density at radius 1 is 1.05 bits per heavy atom. The first-order chi connectivity index (χ1) is 18.5. The minimum atomic E-state index is -4.44. The van der Waals surface area contributed by atoms with Gasteiger partial charge in [-0.1, -0.05) is 37.3 Å². The van der Waals surface area contributed by atoms with Crippen LogP contribution in [0.5, 0.6) is 0 Å². The van der Waals surface area contributed by atoms with Gasteiger partial charge in [-0.05, 0) is 54.7 Å². The number of fused-ring (bicyclic) bond motifs is 1. The molecule has 1 aliphatic rings. The predicted octanol–water partition coefficient (Wildman–Crippen LogP) is 4.75. The molecule has 1 N–H and O–H groups in total. The van der Waals surface area contributed by atoms with Crippen LogP contribution in [0.2, 0.25) is 0 Å². The molecule has 10 heteroatoms. The van der Waals surface area contributed by atoms with Crippen molar-refractivity contribution < 1.29 is 23.1 Å². The van der Waals surface area contributed by atoms with Gasteiger partial charge in [0.05, 0.1) is 23.1 Å². The molecule has 1 fully saturated rings. The van der Waals surface area contributed by atoms with Crippen molar-refractivity contribution in [1.29, 1.82) is 0 Å². The number of aliphatic hydroxyl groups is 1. The van der Waals surface area contributed by atoms with Crippen LogP contribution < -0.4 is 5.56 Å². The lowest BCUT2D eigenvalue weighted by atomic mass is 9.90. The number of hydrogen-bond donors (Lipinski definition) is 1. The van der Waals surface area contributed by atoms with E-state index in [4.69, 9.17) is 0 Å². The molecule has 1 amide bonds. The van der Waals surface area contributed by atoms with Gasteiger partial charge < -0.3 is 14.6 Å². The van der Waals surface area contributed by atoms with Gasteiger partial charge in [0, 0.05) is 31.4 Å². The van der Waals surface area contributed by atoms with Crippen LogP contribution in [0.1, 0.15) is 43.2 Å². The number of benzene rings is 2. The van der Waals surface area contributed by atoms with Gasteiger partial charge in [0.15, 0.2) is 5.65 Å². The highest BCUT2D eigenvalue weighted by molar-refractivity contribution is 5.77. The molecule has 2 aromatic carbocycles. The molecule has 204 valence electrons. The maximum atomic E-state index is 13.2. The fourth-order valence-electron chi connectivity index (χ4n) is 5.12. The second-order valence-corrected chi connectivity index (χ2v) is 10.3. The highest BCUT2D eigenvalue weighted by atomic mass is 19.4. The molecule has 5 rings (SSSR count). The molecule has 1 atom stereocenters. The monoisotopic (exact) mass is 538 g/mol. The molecule has 1 aliphatic heterocycles. The number of aromatic nitrogens is 3. The zero-order chi connectivity index (χ0) is 27.8. The van der Waals surface area contributed by atoms with Gasteiger partial charge >= 0.3 is 6.18 Å². The second-order valence-electron chi connectivity index (χ2n) is 10.3. The van der Waals surface area contributed by atoms with Crippen molar-refractivity contribution in [2.45, 2.75) is 50.4 Å². The Morgan fingerprint density at radius 3 is 2.36 bits per heavy atom. The summed E-state index contributed by atoms with van der Waals surface area (Å²) in [5, 5.41) is 11.5. The molecule has 39 heavy (non-hydrogen) atoms. The Hall–Kier alpha value is -3.92. The summed E-state index contributed by atoms with van der Waals surface area (Å²) in [6.07, 6.45) is -0.458. The van der Waals surface area contributed by atoms with Crippen LogP contribution in [-0.4, -0.2) is 48.7 Å². The highest BCUT2D eigenvalue weighted by Crippen LogP contribution is 2.30. The van der Waals surface area contributed by atoms with E-state index in [1.54, 1.807) is 21.7 Å². The average molecular weight is 539 g/mol. The SMILES string of the molecule is C[C@H](CC(=O)N1CCC(O)(Cn2cnc3c(ccn3-c3ccc(C(F)(F)F)cc3)c2=O)CC1)c1ccccc1. The van der Waals surface area contributed by atoms with Gasteiger partial charge in [-0.3, -0.25) is 14.2 Å². The molecule has 0 radical (unpaired) electrons. The number of nitrogens with zero attached hydrogens (tertiary/aromatic N) is 4. The summed E-state index contributed by atoms with van der Waals surface area (Å²) in [7, 11) is 0. The molecule has 0 spiro atoms. The summed E-state index contributed by atoms with van der Waals surface area (Å²) in [4.78, 5) is 32.2. The number of hydrogen-bond acceptors (Lipinski definition) is 4. The fourth-order valence-corrected chi connectivity index (χ4v) is 5.12. The normalized spacial score (nSPS) is 16.4. The molecule has 1 saturated heterocycles. The number of piperidine rings is 1. The van der Waals surface area contributed by atoms with Crippen LogP contribution >= 0.6 is 0 Å². The summed E-state index contributed by atoms with van der Waals surface area (Å²) in [5.74, 6) is 0.129. The first-order valence-electron chi connectivity index (χ1n) is 12.8. The molecule has 0 unspecified atom stereocenters. The summed E-state index contributed by atoms with van der Waals surface area (Å²) in [6.45, 7) is 2.84. The Bertz CT molecular complexity index is 1520. The number of carbonyl (C=O) groups is 1. The molecular weight excluding hydrogens is 509 g/mol. The molecule has 0 bridgehead atoms. The molecule has 4 aromatic rings. The predicted molar refractivity (Wildman–Crippen MR) is 141 cm³/mol. The van der Waals surface area contributed by atoms with Crippen LogP contribution in [0.15, 0.2) is 78.0 Å². The third-order valence-electron chi connectivity index (χ3n) is 7.50. The van der Waals surface area contributed by atoms with Crippen molar-refractivity contribution in [2.24, 2.45) is 0 Å². The van der Waals surface area contributed by atoms with Crippen molar-refractivity contribution in [2.75, 3.05) is 13.1 Å². The maximum Gasteiger partial charge on any atom is 0.416 e. The number of rotatable bonds is 6. The minimum absolute atomic E-state index is 0.0304. The summed E-state index contributed by atoms with van der Waals surface area (Å²) in [5.41, 5.74) is -0.416. The van der Waals surface area contributed by atoms with E-state index in [1.165, 1.54) is 23.0 Å². The van der Waals surface area contributed by atoms with Gasteiger partial charge in [0.25, 0.3) is 5.56 Å². The largest absolute Gasteiger partial charge is 0.416 e. The van der Waals surface area contributed by atoms with Gasteiger partial charge in [-0.15, -0.1) is 0 Å². The van der Waals surface area contributed by atoms with E-state index < -0.39 is 17.3 Å². The van der Waals surface area contributed by atoms with E-state index in [0.29, 0.717) is 49.1 Å². The molecule has 0 saturated carbocycles. The molecular formula is C29H29F3N4O3. The first kappa shape index (κ1) is 26.7. The van der Waals surface area contributed by atoms with Crippen molar-refractivity contribution in [3.63, 3.8) is 0 Å². The van der Waals surface area contributed by atoms with Crippen molar-refractivity contribution in [1.82, 2.24) is 19.0 Å². The van der Waals surface area contributed by atoms with Crippen LogP contribution in [0.4, 0.5) is 13.2 Å². The zero-order valence-electron chi connectivity index (χ0n) is 21.4. The summed E-state index contributed by atoms with van der Waals surface area (Å²) >= 11 is 0. The Balaban J connectivity index is 1.25. The number of alkyl halides is 3. The maximum absolute atomic E-state index is 13.2. The standard InChI is InChI=1S/C29H29F3N4O3/c1-20(21-5-3-2-4-6-21)17-25(37)34-15-12-28(39,13-16-34)18-35-19-33-26-24(27(35)38)11-14-36(26)23-9-7-22(8-10-23)29(30,31)32/h2-11,14,19-20,39H,12-13,15-18H2,1H3/t20-/m1/s1. The van der Waals surface area contributed by atoms with Crippen LogP contribution in [0.3, 0.4) is 0 Å². The van der Waals surface area contributed by atoms with Crippen molar-refractivity contribution >= 4 is 16.9 Å². The summed E-state index contributed by atoms with van der Waals surface area (Å²) in [6, 6.07) is 16.1. The molecule has 3 heterocycles. The van der Waals surface area contributed by atoms with Crippen LogP contribution in [-0.2, 0) is 17.5 Å². The van der Waals surface area contributed by atoms with Gasteiger partial charge in [-0.25, -0.2) is 4.98 Å². The number of amides is 1. The second kappa shape index (κ2) is 10.3. The lowest BCUT2D eigenvalue weighted by Crippen LogP contribution is -2.49. The lowest BCUT2D eigenvalue weighted by molar-refractivity contribution is -0.138. The van der Waals surface area contributed by atoms with Crippen LogP contribution in [0, 0.1) is 0 Å². The zero-order valence-corrected chi connectivity index (χ0v) is 21.4. The van der Waals surface area contributed by atoms with E-state index in [-0.39, 0.29) is 23.9 Å². The third kappa shape index (κ3) is 5.61. The van der Waals surface area contributed by atoms with Crippen LogP contribution in [0.25, 0.3) is 16.7 Å².